The first-order chi connectivity index (χ1) is 13.2. The number of likely N-dealkylation sites (tertiary alicyclic amines) is 1. The Labute approximate surface area is 156 Å². The van der Waals surface area contributed by atoms with E-state index in [1.54, 1.807) is 17.0 Å². The fourth-order valence-corrected chi connectivity index (χ4v) is 3.29. The predicted octanol–water partition coefficient (Wildman–Crippen LogP) is 4.29. The second-order valence-electron chi connectivity index (χ2n) is 6.52. The highest BCUT2D eigenvalue weighted by Crippen LogP contribution is 2.28. The monoisotopic (exact) mass is 366 g/mol. The first-order valence-electron chi connectivity index (χ1n) is 8.89. The van der Waals surface area contributed by atoms with E-state index in [-0.39, 0.29) is 23.8 Å². The molecule has 4 rings (SSSR count). The summed E-state index contributed by atoms with van der Waals surface area (Å²) < 4.78 is 18.5. The first kappa shape index (κ1) is 17.2. The summed E-state index contributed by atoms with van der Waals surface area (Å²) in [6.07, 6.45) is 1.84. The normalized spacial score (nSPS) is 14.9. The van der Waals surface area contributed by atoms with Crippen molar-refractivity contribution in [3.8, 4) is 11.5 Å². The van der Waals surface area contributed by atoms with E-state index in [4.69, 9.17) is 4.42 Å². The Morgan fingerprint density at radius 1 is 1.04 bits per heavy atom. The maximum absolute atomic E-state index is 13.0. The number of carbonyl (C=O) groups is 1. The lowest BCUT2D eigenvalue weighted by molar-refractivity contribution is 0.194. The molecule has 1 saturated heterocycles. The molecule has 1 aliphatic rings. The molecule has 6 nitrogen and oxygen atoms in total. The van der Waals surface area contributed by atoms with Gasteiger partial charge in [-0.05, 0) is 48.6 Å². The Morgan fingerprint density at radius 2 is 1.74 bits per heavy atom. The van der Waals surface area contributed by atoms with Crippen LogP contribution in [0.25, 0.3) is 11.5 Å². The summed E-state index contributed by atoms with van der Waals surface area (Å²) in [5, 5.41) is 10.4. The van der Waals surface area contributed by atoms with Gasteiger partial charge in [-0.2, -0.15) is 0 Å². The fraction of sp³-hybridized carbons (Fsp3) is 0.250. The maximum atomic E-state index is 13.0. The smallest absolute Gasteiger partial charge is 0.325 e. The summed E-state index contributed by atoms with van der Waals surface area (Å²) in [5.41, 5.74) is 1.91. The highest BCUT2D eigenvalue weighted by atomic mass is 19.1. The third-order valence-electron chi connectivity index (χ3n) is 4.78. The molecular weight excluding hydrogens is 347 g/mol. The van der Waals surface area contributed by atoms with Crippen LogP contribution in [0.4, 0.5) is 15.2 Å². The quantitative estimate of drug-likeness (QED) is 0.751. The van der Waals surface area contributed by atoms with Gasteiger partial charge in [0, 0.05) is 18.7 Å². The molecule has 1 aliphatic heterocycles. The third-order valence-corrected chi connectivity index (χ3v) is 4.78. The van der Waals surface area contributed by atoms with E-state index >= 15 is 0 Å². The topological polar surface area (TPSA) is 71.3 Å². The lowest BCUT2D eigenvalue weighted by Gasteiger charge is -2.31. The van der Waals surface area contributed by atoms with Gasteiger partial charge in [0.15, 0.2) is 0 Å². The molecule has 1 N–H and O–H groups in total. The Balaban J connectivity index is 1.34. The molecule has 7 heteroatoms. The van der Waals surface area contributed by atoms with Gasteiger partial charge in [0.1, 0.15) is 5.82 Å². The maximum Gasteiger partial charge on any atom is 0.325 e. The standard InChI is InChI=1S/C20H19FN4O2/c21-17-8-6-16(7-9-17)18-23-24-19(27-18)22-20(26)25-12-10-15(11-13-25)14-4-2-1-3-5-14/h1-9,15H,10-13H2,(H,22,24,26). The number of halogens is 1. The summed E-state index contributed by atoms with van der Waals surface area (Å²) in [6.45, 7) is 1.34. The number of anilines is 1. The molecule has 2 amide bonds. The van der Waals surface area contributed by atoms with Crippen LogP contribution in [0.15, 0.2) is 59.0 Å². The molecule has 0 unspecified atom stereocenters. The van der Waals surface area contributed by atoms with Gasteiger partial charge in [0.2, 0.25) is 5.89 Å². The zero-order valence-corrected chi connectivity index (χ0v) is 14.6. The van der Waals surface area contributed by atoms with Crippen molar-refractivity contribution in [1.82, 2.24) is 15.1 Å². The molecule has 138 valence electrons. The average molecular weight is 366 g/mol. The number of aromatic nitrogens is 2. The number of piperidine rings is 1. The van der Waals surface area contributed by atoms with Crippen LogP contribution in [0.2, 0.25) is 0 Å². The fourth-order valence-electron chi connectivity index (χ4n) is 3.29. The summed E-state index contributed by atoms with van der Waals surface area (Å²) in [4.78, 5) is 14.2. The van der Waals surface area contributed by atoms with Crippen molar-refractivity contribution in [2.75, 3.05) is 18.4 Å². The second kappa shape index (κ2) is 7.57. The highest BCUT2D eigenvalue weighted by molar-refractivity contribution is 5.87. The number of rotatable bonds is 3. The molecular formula is C20H19FN4O2. The lowest BCUT2D eigenvalue weighted by atomic mass is 9.90. The van der Waals surface area contributed by atoms with Gasteiger partial charge in [-0.1, -0.05) is 35.4 Å². The molecule has 0 spiro atoms. The van der Waals surface area contributed by atoms with E-state index in [2.05, 4.69) is 27.6 Å². The molecule has 27 heavy (non-hydrogen) atoms. The molecule has 0 bridgehead atoms. The minimum Gasteiger partial charge on any atom is -0.403 e. The number of nitrogens with one attached hydrogen (secondary N) is 1. The van der Waals surface area contributed by atoms with Crippen LogP contribution in [0.5, 0.6) is 0 Å². The number of carbonyl (C=O) groups excluding carboxylic acids is 1. The third kappa shape index (κ3) is 3.97. The highest BCUT2D eigenvalue weighted by Gasteiger charge is 2.24. The van der Waals surface area contributed by atoms with E-state index in [1.807, 2.05) is 18.2 Å². The van der Waals surface area contributed by atoms with Crippen molar-refractivity contribution >= 4 is 12.0 Å². The predicted molar refractivity (Wildman–Crippen MR) is 98.7 cm³/mol. The molecule has 0 atom stereocenters. The number of urea groups is 1. The van der Waals surface area contributed by atoms with Crippen LogP contribution in [0, 0.1) is 5.82 Å². The number of amides is 2. The first-order valence-corrected chi connectivity index (χ1v) is 8.89. The van der Waals surface area contributed by atoms with Crippen molar-refractivity contribution in [2.24, 2.45) is 0 Å². The van der Waals surface area contributed by atoms with E-state index in [0.29, 0.717) is 24.6 Å². The molecule has 2 heterocycles. The summed E-state index contributed by atoms with van der Waals surface area (Å²) in [5.74, 6) is 0.363. The Morgan fingerprint density at radius 3 is 2.44 bits per heavy atom. The zero-order valence-electron chi connectivity index (χ0n) is 14.6. The van der Waals surface area contributed by atoms with Crippen molar-refractivity contribution in [2.45, 2.75) is 18.8 Å². The van der Waals surface area contributed by atoms with Gasteiger partial charge in [0.05, 0.1) is 0 Å². The second-order valence-corrected chi connectivity index (χ2v) is 6.52. The lowest BCUT2D eigenvalue weighted by Crippen LogP contribution is -2.40. The van der Waals surface area contributed by atoms with Crippen molar-refractivity contribution < 1.29 is 13.6 Å². The Bertz CT molecular complexity index is 903. The van der Waals surface area contributed by atoms with Crippen LogP contribution in [-0.4, -0.2) is 34.2 Å². The van der Waals surface area contributed by atoms with Gasteiger partial charge in [-0.3, -0.25) is 5.32 Å². The van der Waals surface area contributed by atoms with Crippen LogP contribution >= 0.6 is 0 Å². The van der Waals surface area contributed by atoms with E-state index < -0.39 is 0 Å². The molecule has 2 aromatic carbocycles. The number of hydrogen-bond donors (Lipinski definition) is 1. The summed E-state index contributed by atoms with van der Waals surface area (Å²) >= 11 is 0. The van der Waals surface area contributed by atoms with Crippen molar-refractivity contribution in [3.05, 3.63) is 66.0 Å². The largest absolute Gasteiger partial charge is 0.403 e. The van der Waals surface area contributed by atoms with Crippen molar-refractivity contribution in [1.29, 1.82) is 0 Å². The molecule has 0 saturated carbocycles. The molecule has 0 radical (unpaired) electrons. The zero-order chi connectivity index (χ0) is 18.6. The Kier molecular flexibility index (Phi) is 4.82. The average Bonchev–Trinajstić information content (AvgIpc) is 3.18. The number of benzene rings is 2. The van der Waals surface area contributed by atoms with Crippen LogP contribution in [0.1, 0.15) is 24.3 Å². The van der Waals surface area contributed by atoms with Gasteiger partial charge in [0.25, 0.3) is 0 Å². The minimum atomic E-state index is -0.342. The van der Waals surface area contributed by atoms with E-state index in [0.717, 1.165) is 12.8 Å². The van der Waals surface area contributed by atoms with E-state index in [9.17, 15) is 9.18 Å². The SMILES string of the molecule is O=C(Nc1nnc(-c2ccc(F)cc2)o1)N1CCC(c2ccccc2)CC1. The molecule has 1 aromatic heterocycles. The van der Waals surface area contributed by atoms with Crippen LogP contribution in [0.3, 0.4) is 0 Å². The van der Waals surface area contributed by atoms with E-state index in [1.165, 1.54) is 17.7 Å². The summed E-state index contributed by atoms with van der Waals surface area (Å²) in [7, 11) is 0. The van der Waals surface area contributed by atoms with Gasteiger partial charge < -0.3 is 9.32 Å². The van der Waals surface area contributed by atoms with Gasteiger partial charge in [-0.25, -0.2) is 9.18 Å². The number of hydrogen-bond acceptors (Lipinski definition) is 4. The van der Waals surface area contributed by atoms with Gasteiger partial charge >= 0.3 is 12.0 Å². The number of nitrogens with zero attached hydrogens (tertiary/aromatic N) is 3. The molecule has 1 fully saturated rings. The molecule has 3 aromatic rings. The van der Waals surface area contributed by atoms with Crippen molar-refractivity contribution in [3.63, 3.8) is 0 Å². The van der Waals surface area contributed by atoms with Crippen LogP contribution in [-0.2, 0) is 0 Å². The van der Waals surface area contributed by atoms with Crippen LogP contribution < -0.4 is 5.32 Å². The minimum absolute atomic E-state index is 0.0320. The molecule has 0 aliphatic carbocycles. The van der Waals surface area contributed by atoms with Gasteiger partial charge in [-0.15, -0.1) is 5.10 Å². The Hall–Kier alpha value is -3.22. The summed E-state index contributed by atoms with van der Waals surface area (Å²) in [6, 6.07) is 15.9.